The molecule has 6 heteroatoms. The monoisotopic (exact) mass is 287 g/mol. The lowest BCUT2D eigenvalue weighted by molar-refractivity contribution is 0.439. The summed E-state index contributed by atoms with van der Waals surface area (Å²) in [6.45, 7) is 0. The van der Waals surface area contributed by atoms with Gasteiger partial charge in [0.1, 0.15) is 5.69 Å². The van der Waals surface area contributed by atoms with Crippen molar-refractivity contribution in [3.05, 3.63) is 58.0 Å². The molecule has 5 nitrogen and oxygen atoms in total. The molecule has 0 saturated heterocycles. The molecule has 20 heavy (non-hydrogen) atoms. The van der Waals surface area contributed by atoms with Crippen molar-refractivity contribution in [1.82, 2.24) is 10.1 Å². The Bertz CT molecular complexity index is 823. The van der Waals surface area contributed by atoms with Crippen molar-refractivity contribution in [2.75, 3.05) is 5.73 Å². The van der Waals surface area contributed by atoms with Gasteiger partial charge < -0.3 is 15.2 Å². The van der Waals surface area contributed by atoms with E-state index in [4.69, 9.17) is 21.9 Å². The fourth-order valence-electron chi connectivity index (χ4n) is 2.01. The summed E-state index contributed by atoms with van der Waals surface area (Å²) < 4.78 is 5.03. The first-order valence-electron chi connectivity index (χ1n) is 5.85. The standard InChI is InChI=1S/C14H10ClN3O2/c15-9-3-1-2-8(6-9)12-13(18-20-14(12)16)10-7-17-5-4-11(10)19/h1-7H,16H2,(H,17,19). The quantitative estimate of drug-likeness (QED) is 0.759. The summed E-state index contributed by atoms with van der Waals surface area (Å²) in [5, 5.41) is 4.46. The number of benzene rings is 1. The van der Waals surface area contributed by atoms with Gasteiger partial charge in [0.15, 0.2) is 5.43 Å². The number of pyridine rings is 1. The van der Waals surface area contributed by atoms with E-state index in [1.807, 2.05) is 6.07 Å². The number of hydrogen-bond donors (Lipinski definition) is 2. The highest BCUT2D eigenvalue weighted by atomic mass is 35.5. The molecule has 0 aliphatic rings. The first-order valence-corrected chi connectivity index (χ1v) is 6.23. The molecule has 100 valence electrons. The van der Waals surface area contributed by atoms with Crippen LogP contribution < -0.4 is 11.2 Å². The van der Waals surface area contributed by atoms with E-state index in [9.17, 15) is 4.79 Å². The van der Waals surface area contributed by atoms with Crippen molar-refractivity contribution in [3.63, 3.8) is 0 Å². The van der Waals surface area contributed by atoms with Crippen LogP contribution in [0, 0.1) is 0 Å². The van der Waals surface area contributed by atoms with Crippen molar-refractivity contribution >= 4 is 17.5 Å². The Hall–Kier alpha value is -2.53. The predicted molar refractivity (Wildman–Crippen MR) is 77.4 cm³/mol. The minimum Gasteiger partial charge on any atom is -0.367 e. The van der Waals surface area contributed by atoms with Gasteiger partial charge in [0.05, 0.1) is 11.1 Å². The van der Waals surface area contributed by atoms with Crippen molar-refractivity contribution in [2.45, 2.75) is 0 Å². The smallest absolute Gasteiger partial charge is 0.230 e. The van der Waals surface area contributed by atoms with E-state index in [0.717, 1.165) is 5.56 Å². The summed E-state index contributed by atoms with van der Waals surface area (Å²) in [4.78, 5) is 14.8. The molecular weight excluding hydrogens is 278 g/mol. The molecule has 2 heterocycles. The molecule has 0 radical (unpaired) electrons. The zero-order valence-electron chi connectivity index (χ0n) is 10.3. The van der Waals surface area contributed by atoms with Crippen molar-refractivity contribution in [1.29, 1.82) is 0 Å². The maximum atomic E-state index is 11.9. The minimum absolute atomic E-state index is 0.144. The number of nitrogen functional groups attached to an aromatic ring is 1. The van der Waals surface area contributed by atoms with E-state index >= 15 is 0 Å². The number of anilines is 1. The average Bonchev–Trinajstić information content (AvgIpc) is 2.81. The maximum Gasteiger partial charge on any atom is 0.230 e. The van der Waals surface area contributed by atoms with Gasteiger partial charge in [-0.3, -0.25) is 4.79 Å². The molecule has 0 aliphatic heterocycles. The lowest BCUT2D eigenvalue weighted by Gasteiger charge is -2.02. The van der Waals surface area contributed by atoms with E-state index in [-0.39, 0.29) is 11.3 Å². The number of rotatable bonds is 2. The van der Waals surface area contributed by atoms with Gasteiger partial charge in [-0.05, 0) is 17.7 Å². The highest BCUT2D eigenvalue weighted by molar-refractivity contribution is 6.30. The molecular formula is C14H10ClN3O2. The van der Waals surface area contributed by atoms with E-state index in [1.54, 1.807) is 30.6 Å². The van der Waals surface area contributed by atoms with Gasteiger partial charge in [0.25, 0.3) is 0 Å². The Morgan fingerprint density at radius 3 is 2.90 bits per heavy atom. The highest BCUT2D eigenvalue weighted by Crippen LogP contribution is 2.35. The summed E-state index contributed by atoms with van der Waals surface area (Å²) in [6, 6.07) is 8.54. The molecule has 0 atom stereocenters. The van der Waals surface area contributed by atoms with Gasteiger partial charge >= 0.3 is 0 Å². The third-order valence-electron chi connectivity index (χ3n) is 2.91. The fraction of sp³-hybridized carbons (Fsp3) is 0. The Morgan fingerprint density at radius 2 is 2.15 bits per heavy atom. The molecule has 0 spiro atoms. The number of aromatic nitrogens is 2. The maximum absolute atomic E-state index is 11.9. The molecule has 3 aromatic rings. The summed E-state index contributed by atoms with van der Waals surface area (Å²) in [5.41, 5.74) is 7.75. The van der Waals surface area contributed by atoms with Gasteiger partial charge in [-0.25, -0.2) is 0 Å². The zero-order valence-corrected chi connectivity index (χ0v) is 11.0. The summed E-state index contributed by atoms with van der Waals surface area (Å²) in [7, 11) is 0. The molecule has 1 aromatic carbocycles. The second kappa shape index (κ2) is 4.86. The average molecular weight is 288 g/mol. The number of hydrogen-bond acceptors (Lipinski definition) is 4. The number of nitrogens with one attached hydrogen (secondary N) is 1. The van der Waals surface area contributed by atoms with Gasteiger partial charge in [-0.1, -0.05) is 28.9 Å². The lowest BCUT2D eigenvalue weighted by Crippen LogP contribution is -2.03. The van der Waals surface area contributed by atoms with Crippen LogP contribution >= 0.6 is 11.6 Å². The van der Waals surface area contributed by atoms with Crippen LogP contribution in [-0.2, 0) is 0 Å². The molecule has 0 saturated carbocycles. The van der Waals surface area contributed by atoms with Gasteiger partial charge in [-0.15, -0.1) is 0 Å². The first-order chi connectivity index (χ1) is 9.66. The van der Waals surface area contributed by atoms with Crippen LogP contribution in [0.15, 0.2) is 52.0 Å². The highest BCUT2D eigenvalue weighted by Gasteiger charge is 2.19. The molecule has 0 unspecified atom stereocenters. The van der Waals surface area contributed by atoms with Crippen molar-refractivity contribution in [3.8, 4) is 22.4 Å². The molecule has 2 aromatic heterocycles. The molecule has 0 fully saturated rings. The summed E-state index contributed by atoms with van der Waals surface area (Å²) in [6.07, 6.45) is 3.11. The molecule has 0 bridgehead atoms. The zero-order chi connectivity index (χ0) is 14.1. The summed E-state index contributed by atoms with van der Waals surface area (Å²) in [5.74, 6) is 0.144. The molecule has 3 rings (SSSR count). The van der Waals surface area contributed by atoms with Gasteiger partial charge in [-0.2, -0.15) is 0 Å². The van der Waals surface area contributed by atoms with Crippen molar-refractivity contribution in [2.24, 2.45) is 0 Å². The third-order valence-corrected chi connectivity index (χ3v) is 3.15. The van der Waals surface area contributed by atoms with E-state index < -0.39 is 0 Å². The molecule has 0 amide bonds. The largest absolute Gasteiger partial charge is 0.367 e. The minimum atomic E-state index is -0.166. The fourth-order valence-corrected chi connectivity index (χ4v) is 2.20. The number of nitrogens with zero attached hydrogens (tertiary/aromatic N) is 1. The Labute approximate surface area is 119 Å². The van der Waals surface area contributed by atoms with Gasteiger partial charge in [0.2, 0.25) is 5.88 Å². The second-order valence-corrected chi connectivity index (χ2v) is 4.64. The van der Waals surface area contributed by atoms with E-state index in [2.05, 4.69) is 10.1 Å². The van der Waals surface area contributed by atoms with Crippen LogP contribution in [0.2, 0.25) is 5.02 Å². The normalized spacial score (nSPS) is 10.7. The van der Waals surface area contributed by atoms with Crippen LogP contribution in [0.25, 0.3) is 22.4 Å². The number of aromatic amines is 1. The van der Waals surface area contributed by atoms with Crippen LogP contribution in [-0.4, -0.2) is 10.1 Å². The molecule has 3 N–H and O–H groups in total. The van der Waals surface area contributed by atoms with Crippen LogP contribution in [0.5, 0.6) is 0 Å². The van der Waals surface area contributed by atoms with E-state index in [0.29, 0.717) is 21.8 Å². The predicted octanol–water partition coefficient (Wildman–Crippen LogP) is 2.93. The number of H-pyrrole nitrogens is 1. The van der Waals surface area contributed by atoms with Gasteiger partial charge in [0, 0.05) is 23.5 Å². The lowest BCUT2D eigenvalue weighted by atomic mass is 10.0. The Kier molecular flexibility index (Phi) is 3.04. The SMILES string of the molecule is Nc1onc(-c2c[nH]ccc2=O)c1-c1cccc(Cl)c1. The first kappa shape index (κ1) is 12.5. The Morgan fingerprint density at radius 1 is 1.30 bits per heavy atom. The number of halogens is 1. The van der Waals surface area contributed by atoms with Crippen LogP contribution in [0.3, 0.4) is 0 Å². The van der Waals surface area contributed by atoms with Crippen molar-refractivity contribution < 1.29 is 4.52 Å². The Balaban J connectivity index is 2.26. The third kappa shape index (κ3) is 2.08. The second-order valence-electron chi connectivity index (χ2n) is 4.20. The molecule has 0 aliphatic carbocycles. The van der Waals surface area contributed by atoms with Crippen LogP contribution in [0.4, 0.5) is 5.88 Å². The van der Waals surface area contributed by atoms with Crippen LogP contribution in [0.1, 0.15) is 0 Å². The van der Waals surface area contributed by atoms with E-state index in [1.165, 1.54) is 6.07 Å². The summed E-state index contributed by atoms with van der Waals surface area (Å²) >= 11 is 5.98. The number of nitrogens with two attached hydrogens (primary N) is 1. The topological polar surface area (TPSA) is 84.9 Å².